The van der Waals surface area contributed by atoms with E-state index >= 15 is 0 Å². The van der Waals surface area contributed by atoms with Gasteiger partial charge in [-0.3, -0.25) is 0 Å². The van der Waals surface area contributed by atoms with E-state index in [2.05, 4.69) is 33.9 Å². The van der Waals surface area contributed by atoms with Crippen molar-refractivity contribution in [1.29, 1.82) is 0 Å². The Balaban J connectivity index is 1.06. The van der Waals surface area contributed by atoms with Gasteiger partial charge in [0.05, 0.1) is 0 Å². The van der Waals surface area contributed by atoms with Crippen LogP contribution >= 0.6 is 0 Å². The number of esters is 2. The molecular formula is C42H62O4. The minimum atomic E-state index is -0.302. The highest BCUT2D eigenvalue weighted by molar-refractivity contribution is 5.87. The fourth-order valence-corrected chi connectivity index (χ4v) is 15.0. The smallest absolute Gasteiger partial charge is 0.333 e. The molecule has 2 unspecified atom stereocenters. The predicted molar refractivity (Wildman–Crippen MR) is 181 cm³/mol. The Morgan fingerprint density at radius 2 is 1.11 bits per heavy atom. The molecule has 0 radical (unpaired) electrons. The second-order valence-electron chi connectivity index (χ2n) is 19.7. The lowest BCUT2D eigenvalue weighted by atomic mass is 9.35. The normalized spacial score (nSPS) is 50.3. The monoisotopic (exact) mass is 630 g/mol. The molecule has 4 nitrogen and oxygen atoms in total. The second kappa shape index (κ2) is 10.7. The van der Waals surface area contributed by atoms with Gasteiger partial charge in [0, 0.05) is 23.5 Å². The van der Waals surface area contributed by atoms with Crippen molar-refractivity contribution in [1.82, 2.24) is 0 Å². The molecule has 10 aliphatic rings. The van der Waals surface area contributed by atoms with E-state index in [4.69, 9.17) is 9.47 Å². The van der Waals surface area contributed by atoms with Crippen LogP contribution in [-0.2, 0) is 19.1 Å². The molecular weight excluding hydrogens is 568 g/mol. The Hall–Kier alpha value is -1.58. The summed E-state index contributed by atoms with van der Waals surface area (Å²) < 4.78 is 13.5. The van der Waals surface area contributed by atoms with Crippen LogP contribution in [0.25, 0.3) is 0 Å². The molecule has 46 heavy (non-hydrogen) atoms. The Bertz CT molecular complexity index is 1230. The largest absolute Gasteiger partial charge is 0.455 e. The van der Waals surface area contributed by atoms with Crippen LogP contribution in [0.3, 0.4) is 0 Å². The lowest BCUT2D eigenvalue weighted by molar-refractivity contribution is -0.271. The number of carbonyl (C=O) groups is 2. The summed E-state index contributed by atoms with van der Waals surface area (Å²) in [6.07, 6.45) is 24.0. The quantitative estimate of drug-likeness (QED) is 0.208. The van der Waals surface area contributed by atoms with E-state index in [1.165, 1.54) is 122 Å². The van der Waals surface area contributed by atoms with Gasteiger partial charge < -0.3 is 9.47 Å². The molecule has 0 aromatic carbocycles. The minimum absolute atomic E-state index is 0.145. The summed E-state index contributed by atoms with van der Waals surface area (Å²) in [5, 5.41) is 0. The fraction of sp³-hybridized carbons (Fsp3) is 0.857. The zero-order valence-electron chi connectivity index (χ0n) is 29.5. The van der Waals surface area contributed by atoms with Crippen LogP contribution in [0, 0.1) is 69.5 Å². The third kappa shape index (κ3) is 4.55. The summed E-state index contributed by atoms with van der Waals surface area (Å²) in [6, 6.07) is 0. The molecule has 8 bridgehead atoms. The van der Waals surface area contributed by atoms with Crippen LogP contribution in [-0.4, -0.2) is 23.1 Å². The van der Waals surface area contributed by atoms with Crippen molar-refractivity contribution in [3.05, 3.63) is 24.8 Å². The Labute approximate surface area is 279 Å². The Kier molecular flexibility index (Phi) is 7.37. The van der Waals surface area contributed by atoms with Gasteiger partial charge in [-0.15, -0.1) is 0 Å². The summed E-state index contributed by atoms with van der Waals surface area (Å²) in [5.74, 6) is 5.16. The molecule has 0 N–H and O–H groups in total. The van der Waals surface area contributed by atoms with Crippen molar-refractivity contribution in [2.75, 3.05) is 0 Å². The van der Waals surface area contributed by atoms with E-state index in [0.717, 1.165) is 17.8 Å². The lowest BCUT2D eigenvalue weighted by Crippen LogP contribution is -2.69. The van der Waals surface area contributed by atoms with Gasteiger partial charge in [0.2, 0.25) is 0 Å². The van der Waals surface area contributed by atoms with Crippen molar-refractivity contribution in [3.63, 3.8) is 0 Å². The average molecular weight is 631 g/mol. The summed E-state index contributed by atoms with van der Waals surface area (Å²) in [4.78, 5) is 26.4. The third-order valence-corrected chi connectivity index (χ3v) is 16.9. The number of hydrogen-bond acceptors (Lipinski definition) is 4. The Morgan fingerprint density at radius 1 is 0.630 bits per heavy atom. The van der Waals surface area contributed by atoms with E-state index in [1.807, 2.05) is 6.92 Å². The maximum atomic E-state index is 13.4. The van der Waals surface area contributed by atoms with E-state index in [9.17, 15) is 9.59 Å². The molecule has 4 heteroatoms. The zero-order valence-corrected chi connectivity index (χ0v) is 29.5. The average Bonchev–Trinajstić information content (AvgIpc) is 3.00. The van der Waals surface area contributed by atoms with Crippen LogP contribution in [0.2, 0.25) is 0 Å². The molecule has 0 saturated heterocycles. The molecule has 10 aliphatic carbocycles. The molecule has 254 valence electrons. The molecule has 0 aromatic heterocycles. The SMILES string of the molecule is C=CC(=O)OC1(C2CCC(C)(C34CC5CC(C3)C(OC(=O)C(=C)C)(C3CCC(C)(C)CC3)C(C5)C4)CC2)C2CC3CC(C2)CC1C3. The van der Waals surface area contributed by atoms with Crippen molar-refractivity contribution >= 4 is 11.9 Å². The van der Waals surface area contributed by atoms with Crippen LogP contribution in [0.1, 0.15) is 143 Å². The number of rotatable bonds is 7. The van der Waals surface area contributed by atoms with E-state index in [-0.39, 0.29) is 23.1 Å². The molecule has 0 heterocycles. The van der Waals surface area contributed by atoms with Crippen LogP contribution < -0.4 is 0 Å². The summed E-state index contributed by atoms with van der Waals surface area (Å²) >= 11 is 0. The van der Waals surface area contributed by atoms with Gasteiger partial charge >= 0.3 is 11.9 Å². The van der Waals surface area contributed by atoms with Crippen LogP contribution in [0.15, 0.2) is 24.8 Å². The first-order valence-electron chi connectivity index (χ1n) is 19.6. The molecule has 0 spiro atoms. The highest BCUT2D eigenvalue weighted by atomic mass is 16.6. The fourth-order valence-electron chi connectivity index (χ4n) is 15.0. The first-order chi connectivity index (χ1) is 21.8. The molecule has 10 fully saturated rings. The molecule has 10 rings (SSSR count). The van der Waals surface area contributed by atoms with Gasteiger partial charge in [-0.2, -0.15) is 0 Å². The highest BCUT2D eigenvalue weighted by Gasteiger charge is 2.71. The van der Waals surface area contributed by atoms with Crippen LogP contribution in [0.5, 0.6) is 0 Å². The van der Waals surface area contributed by atoms with E-state index in [0.29, 0.717) is 57.3 Å². The topological polar surface area (TPSA) is 52.6 Å². The van der Waals surface area contributed by atoms with Gasteiger partial charge in [-0.1, -0.05) is 33.9 Å². The molecule has 2 atom stereocenters. The first kappa shape index (κ1) is 31.7. The second-order valence-corrected chi connectivity index (χ2v) is 19.7. The first-order valence-corrected chi connectivity index (χ1v) is 19.6. The van der Waals surface area contributed by atoms with Crippen molar-refractivity contribution in [2.45, 2.75) is 154 Å². The summed E-state index contributed by atoms with van der Waals surface area (Å²) in [6.45, 7) is 17.2. The maximum absolute atomic E-state index is 13.4. The Morgan fingerprint density at radius 3 is 1.61 bits per heavy atom. The van der Waals surface area contributed by atoms with Gasteiger partial charge in [0.15, 0.2) is 0 Å². The molecule has 10 saturated carbocycles. The van der Waals surface area contributed by atoms with Gasteiger partial charge in [0.1, 0.15) is 11.2 Å². The maximum Gasteiger partial charge on any atom is 0.333 e. The van der Waals surface area contributed by atoms with Crippen molar-refractivity contribution in [3.8, 4) is 0 Å². The van der Waals surface area contributed by atoms with Crippen molar-refractivity contribution < 1.29 is 19.1 Å². The summed E-state index contributed by atoms with van der Waals surface area (Å²) in [7, 11) is 0. The highest BCUT2D eigenvalue weighted by Crippen LogP contribution is 2.74. The lowest BCUT2D eigenvalue weighted by Gasteiger charge is -2.71. The van der Waals surface area contributed by atoms with Gasteiger partial charge in [0.25, 0.3) is 0 Å². The number of ether oxygens (including phenoxy) is 2. The minimum Gasteiger partial charge on any atom is -0.455 e. The van der Waals surface area contributed by atoms with Gasteiger partial charge in [-0.05, 0) is 180 Å². The molecule has 0 amide bonds. The van der Waals surface area contributed by atoms with E-state index < -0.39 is 0 Å². The number of hydrogen-bond donors (Lipinski definition) is 0. The molecule has 0 aromatic rings. The zero-order chi connectivity index (χ0) is 32.3. The number of carbonyl (C=O) groups excluding carboxylic acids is 2. The van der Waals surface area contributed by atoms with E-state index in [1.54, 1.807) is 0 Å². The molecule has 0 aliphatic heterocycles. The summed E-state index contributed by atoms with van der Waals surface area (Å²) in [5.41, 5.74) is 1.03. The third-order valence-electron chi connectivity index (χ3n) is 16.9. The van der Waals surface area contributed by atoms with Crippen LogP contribution in [0.4, 0.5) is 0 Å². The standard InChI is InChI=1S/C42H62O4/c1-7-36(43)45-41(32-17-27-16-28(19-32)20-33(41)18-27)31-10-14-39(6,15-11-31)40-23-29-21-34(24-40)42(35(22-29)25-40,46-37(44)26(2)3)30-8-12-38(4,5)13-9-30/h7,27-35H,1-2,8-25H2,3-6H3. The predicted octanol–water partition coefficient (Wildman–Crippen LogP) is 10.0. The van der Waals surface area contributed by atoms with Crippen molar-refractivity contribution in [2.24, 2.45) is 69.5 Å². The van der Waals surface area contributed by atoms with Gasteiger partial charge in [-0.25, -0.2) is 9.59 Å².